The summed E-state index contributed by atoms with van der Waals surface area (Å²) in [6, 6.07) is 10.1. The van der Waals surface area contributed by atoms with E-state index in [0.717, 1.165) is 48.5 Å². The van der Waals surface area contributed by atoms with E-state index in [-0.39, 0.29) is 193 Å². The zero-order valence-corrected chi connectivity index (χ0v) is 55.4. The number of halogens is 1. The first-order valence-corrected chi connectivity index (χ1v) is 27.5. The van der Waals surface area contributed by atoms with Crippen molar-refractivity contribution >= 4 is 147 Å². The zero-order valence-electron chi connectivity index (χ0n) is 39.8. The average Bonchev–Trinajstić information content (AvgIpc) is 3.23. The van der Waals surface area contributed by atoms with Crippen molar-refractivity contribution in [2.75, 3.05) is 34.0 Å². The second-order valence-electron chi connectivity index (χ2n) is 13.9. The Hall–Kier alpha value is -2.01. The molecule has 382 valence electrons. The Morgan fingerprint density at radius 3 is 1.68 bits per heavy atom. The van der Waals surface area contributed by atoms with Crippen molar-refractivity contribution in [3.8, 4) is 0 Å². The van der Waals surface area contributed by atoms with Gasteiger partial charge in [0, 0.05) is 11.1 Å². The number of azo groups is 2. The maximum atomic E-state index is 12.5. The van der Waals surface area contributed by atoms with Gasteiger partial charge in [0.15, 0.2) is 9.84 Å². The molecule has 6 rings (SSSR count). The number of nitrogens with one attached hydrogen (secondary N) is 3. The summed E-state index contributed by atoms with van der Waals surface area (Å²) in [6.07, 6.45) is 0. The molecule has 0 radical (unpaired) electrons. The van der Waals surface area contributed by atoms with E-state index >= 15 is 0 Å². The van der Waals surface area contributed by atoms with Crippen molar-refractivity contribution in [1.29, 1.82) is 0 Å². The number of nitrogens with two attached hydrogens (primary N) is 2. The van der Waals surface area contributed by atoms with Crippen molar-refractivity contribution in [1.82, 2.24) is 15.0 Å². The van der Waals surface area contributed by atoms with Crippen LogP contribution in [0.4, 0.5) is 62.2 Å². The van der Waals surface area contributed by atoms with E-state index < -0.39 is 138 Å². The van der Waals surface area contributed by atoms with Crippen LogP contribution in [0.25, 0.3) is 10.8 Å². The molecule has 0 aliphatic carbocycles. The normalized spacial score (nSPS) is 12.1. The first-order chi connectivity index (χ1) is 33.2. The summed E-state index contributed by atoms with van der Waals surface area (Å²) in [5, 5.41) is 21.1. The molecule has 7 N–H and O–H groups in total. The summed E-state index contributed by atoms with van der Waals surface area (Å²) in [5.41, 5.74) is 8.42. The number of nitrogen functional groups attached to an aromatic ring is 1. The summed E-state index contributed by atoms with van der Waals surface area (Å²) in [7, 11) is -31.1. The molecule has 0 bridgehead atoms. The van der Waals surface area contributed by atoms with E-state index in [0.29, 0.717) is 18.2 Å². The number of carbonyl (C=O) groups excluding carboxylic acids is 1. The molecule has 0 spiro atoms. The van der Waals surface area contributed by atoms with Crippen molar-refractivity contribution in [2.24, 2.45) is 26.2 Å². The van der Waals surface area contributed by atoms with Crippen LogP contribution in [0.15, 0.2) is 124 Å². The Balaban J connectivity index is 0.00000593. The molecule has 0 aliphatic heterocycles. The van der Waals surface area contributed by atoms with Gasteiger partial charge in [-0.15, -0.1) is 15.3 Å². The van der Waals surface area contributed by atoms with Crippen LogP contribution in [0.1, 0.15) is 0 Å². The van der Waals surface area contributed by atoms with Crippen LogP contribution in [-0.4, -0.2) is 107 Å². The third kappa shape index (κ3) is 20.4. The van der Waals surface area contributed by atoms with Crippen LogP contribution in [-0.2, 0) is 64.9 Å². The topological polar surface area (TPSA) is 523 Å². The predicted octanol–water partition coefficient (Wildman–Crippen LogP) is -12.0. The average molecular weight is 1250 g/mol. The molecule has 2 amide bonds. The van der Waals surface area contributed by atoms with Gasteiger partial charge in [-0.2, -0.15) is 20.1 Å². The SMILES string of the molecule is NC(=O)Nc1cc(Nc2nc(Cl)nc(Nc3cc(N)c(S(=O)(=O)[O-])cc3N=Nc3ccc(S(=O)(=O)CCOS(=O)(=O)[O-])cc3)n2)ccc1N=Nc1cc2c(S(=O)(=O)[O-])cc(S(=O)(=O)[O-])cc2cc1S(=O)(=O)[O-].[Na+].[Na+].[Na+].[Na+].[Na+]. The Morgan fingerprint density at radius 2 is 1.13 bits per heavy atom. The summed E-state index contributed by atoms with van der Waals surface area (Å²) < 4.78 is 205. The second kappa shape index (κ2) is 28.8. The molecule has 31 nitrogen and oxygen atoms in total. The maximum Gasteiger partial charge on any atom is 1.00 e. The Bertz CT molecular complexity index is 4010. The first-order valence-electron chi connectivity index (χ1n) is 18.5. The zero-order chi connectivity index (χ0) is 53.4. The van der Waals surface area contributed by atoms with Gasteiger partial charge in [-0.25, -0.2) is 55.3 Å². The van der Waals surface area contributed by atoms with Gasteiger partial charge >= 0.3 is 154 Å². The number of sulfone groups is 1. The summed E-state index contributed by atoms with van der Waals surface area (Å²) in [6.45, 7) is -0.961. The fraction of sp³-hybridized carbons (Fsp3) is 0.0588. The third-order valence-electron chi connectivity index (χ3n) is 8.87. The monoisotopic (exact) mass is 1250 g/mol. The van der Waals surface area contributed by atoms with Crippen molar-refractivity contribution in [2.45, 2.75) is 24.5 Å². The van der Waals surface area contributed by atoms with Crippen LogP contribution >= 0.6 is 11.6 Å². The van der Waals surface area contributed by atoms with E-state index in [9.17, 15) is 78.1 Å². The minimum atomic E-state index is -5.57. The van der Waals surface area contributed by atoms with Crippen LogP contribution in [0.2, 0.25) is 5.28 Å². The van der Waals surface area contributed by atoms with Gasteiger partial charge in [-0.05, 0) is 95.8 Å². The maximum absolute atomic E-state index is 12.5. The van der Waals surface area contributed by atoms with E-state index in [1.54, 1.807) is 0 Å². The van der Waals surface area contributed by atoms with E-state index in [4.69, 9.17) is 23.1 Å². The molecule has 0 unspecified atom stereocenters. The number of primary amides is 1. The number of nitrogens with zero attached hydrogens (tertiary/aromatic N) is 7. The van der Waals surface area contributed by atoms with Crippen LogP contribution in [0, 0.1) is 0 Å². The number of hydrogen-bond acceptors (Lipinski definition) is 29. The molecule has 0 saturated heterocycles. The van der Waals surface area contributed by atoms with Crippen LogP contribution in [0.3, 0.4) is 0 Å². The van der Waals surface area contributed by atoms with Crippen molar-refractivity contribution < 1.29 is 230 Å². The molecular weight excluding hydrogens is 1220 g/mol. The fourth-order valence-electron chi connectivity index (χ4n) is 5.88. The quantitative estimate of drug-likeness (QED) is 0.0175. The second-order valence-corrected chi connectivity index (χ2v) is 22.8. The molecule has 77 heavy (non-hydrogen) atoms. The molecular formula is C34H24ClN12Na5O19S6. The molecule has 6 aromatic rings. The van der Waals surface area contributed by atoms with Gasteiger partial charge < -0.3 is 50.2 Å². The van der Waals surface area contributed by atoms with Crippen molar-refractivity contribution in [3.63, 3.8) is 0 Å². The summed E-state index contributed by atoms with van der Waals surface area (Å²) >= 11 is 6.16. The molecule has 1 heterocycles. The van der Waals surface area contributed by atoms with E-state index in [1.165, 1.54) is 6.07 Å². The van der Waals surface area contributed by atoms with E-state index in [1.807, 2.05) is 0 Å². The van der Waals surface area contributed by atoms with Gasteiger partial charge in [0.1, 0.15) is 57.5 Å². The molecule has 1 aromatic heterocycles. The number of carbonyl (C=O) groups is 1. The van der Waals surface area contributed by atoms with Crippen LogP contribution < -0.4 is 175 Å². The number of benzene rings is 5. The summed E-state index contributed by atoms with van der Waals surface area (Å²) in [5.74, 6) is -1.65. The minimum absolute atomic E-state index is 0. The van der Waals surface area contributed by atoms with Gasteiger partial charge in [-0.3, -0.25) is 4.18 Å². The Kier molecular flexibility index (Phi) is 27.3. The third-order valence-corrected chi connectivity index (χ3v) is 14.6. The van der Waals surface area contributed by atoms with Crippen LogP contribution in [0.5, 0.6) is 0 Å². The number of anilines is 6. The van der Waals surface area contributed by atoms with Gasteiger partial charge in [0.25, 0.3) is 0 Å². The van der Waals surface area contributed by atoms with Gasteiger partial charge in [-0.1, -0.05) is 0 Å². The number of rotatable bonds is 18. The van der Waals surface area contributed by atoms with Gasteiger partial charge in [0.05, 0.1) is 59.6 Å². The molecule has 0 aliphatic rings. The fourth-order valence-corrected chi connectivity index (χ4v) is 10.1. The standard InChI is InChI=1S/C34H29ClN12O19S6.5Na/c35-31-41-33(43-34(42-31)40-25-14-22(36)29(70(57,58)59)15-26(25)46-44-17-1-4-19(5-2-17)67(49,50)8-7-66-72(63,64)65)38-18-3-6-23(24(11-18)39-32(37)48)45-47-27-13-21-16(10-30(27)71(60,61)62)9-20(68(51,52)53)12-28(21)69(54,55)56;;;;;/h1-6,9-15H,7-8,36H2,(H3,37,39,48)(H,51,52,53)(H,54,55,56)(H,57,58,59)(H,60,61,62)(H,63,64,65)(H2,38,40,41,42,43);;;;;/q;5*+1/p-5. The predicted molar refractivity (Wildman–Crippen MR) is 240 cm³/mol. The number of amides is 2. The number of urea groups is 1. The first kappa shape index (κ1) is 73.0. The Labute approximate surface area is 552 Å². The number of fused-ring (bicyclic) bond motifs is 1. The molecule has 43 heteroatoms. The van der Waals surface area contributed by atoms with Gasteiger partial charge in [0.2, 0.25) is 27.6 Å². The minimum Gasteiger partial charge on any atom is -0.744 e. The smallest absolute Gasteiger partial charge is 0.744 e. The largest absolute Gasteiger partial charge is 1.00 e. The van der Waals surface area contributed by atoms with Crippen molar-refractivity contribution in [3.05, 3.63) is 84.1 Å². The Morgan fingerprint density at radius 1 is 0.571 bits per heavy atom. The molecule has 0 fully saturated rings. The summed E-state index contributed by atoms with van der Waals surface area (Å²) in [4.78, 5) is 19.0. The molecule has 0 saturated carbocycles. The van der Waals surface area contributed by atoms with E-state index in [2.05, 4.69) is 55.5 Å². The number of aromatic nitrogens is 3. The number of hydrogen-bond donors (Lipinski definition) is 5. The molecule has 0 atom stereocenters. The molecule has 5 aromatic carbocycles.